The smallest absolute Gasteiger partial charge is 0.411 e. The fraction of sp³-hybridized carbons (Fsp3) is 0.474. The van der Waals surface area contributed by atoms with Gasteiger partial charge < -0.3 is 19.3 Å². The molecule has 0 aliphatic heterocycles. The van der Waals surface area contributed by atoms with Gasteiger partial charge in [-0.15, -0.1) is 0 Å². The van der Waals surface area contributed by atoms with Crippen molar-refractivity contribution in [3.05, 3.63) is 36.6 Å². The normalized spacial score (nSPS) is 10.0. The molecule has 0 bridgehead atoms. The number of amides is 2. The molecule has 8 heteroatoms. The Morgan fingerprint density at radius 2 is 1.67 bits per heavy atom. The number of anilines is 2. The molecule has 3 N–H and O–H groups in total. The molecule has 2 amide bonds. The van der Waals surface area contributed by atoms with Crippen molar-refractivity contribution in [1.82, 2.24) is 0 Å². The van der Waals surface area contributed by atoms with Gasteiger partial charge in [0.25, 0.3) is 0 Å². The van der Waals surface area contributed by atoms with Gasteiger partial charge in [-0.3, -0.25) is 10.6 Å². The summed E-state index contributed by atoms with van der Waals surface area (Å²) in [5, 5.41) is 13.9. The lowest BCUT2D eigenvalue weighted by Gasteiger charge is -2.12. The maximum atomic E-state index is 11.8. The van der Waals surface area contributed by atoms with Gasteiger partial charge in [0.05, 0.1) is 26.1 Å². The Balaban J connectivity index is 2.41. The summed E-state index contributed by atoms with van der Waals surface area (Å²) < 4.78 is 15.1. The predicted molar refractivity (Wildman–Crippen MR) is 103 cm³/mol. The van der Waals surface area contributed by atoms with Gasteiger partial charge in [-0.2, -0.15) is 0 Å². The van der Waals surface area contributed by atoms with E-state index in [0.717, 1.165) is 12.0 Å². The molecule has 1 aromatic carbocycles. The van der Waals surface area contributed by atoms with E-state index in [4.69, 9.17) is 19.3 Å². The molecule has 0 saturated heterocycles. The van der Waals surface area contributed by atoms with Crippen LogP contribution in [0.25, 0.3) is 0 Å². The van der Waals surface area contributed by atoms with Crippen LogP contribution in [0.1, 0.15) is 31.2 Å². The fourth-order valence-electron chi connectivity index (χ4n) is 2.05. The van der Waals surface area contributed by atoms with Crippen molar-refractivity contribution in [3.63, 3.8) is 0 Å². The zero-order valence-corrected chi connectivity index (χ0v) is 15.7. The number of carbonyl (C=O) groups excluding carboxylic acids is 2. The molecule has 150 valence electrons. The van der Waals surface area contributed by atoms with Gasteiger partial charge in [0, 0.05) is 18.0 Å². The maximum absolute atomic E-state index is 11.8. The molecule has 1 rings (SSSR count). The SMILES string of the molecule is C=COCCCCOC(=O)Nc1ccc(C)c(NC(=O)OCCCCO)c1. The molecule has 0 radical (unpaired) electrons. The van der Waals surface area contributed by atoms with Gasteiger partial charge in [0.15, 0.2) is 0 Å². The first-order valence-corrected chi connectivity index (χ1v) is 8.88. The van der Waals surface area contributed by atoms with Gasteiger partial charge in [-0.05, 0) is 50.3 Å². The van der Waals surface area contributed by atoms with Gasteiger partial charge >= 0.3 is 12.2 Å². The first-order valence-electron chi connectivity index (χ1n) is 8.88. The maximum Gasteiger partial charge on any atom is 0.411 e. The summed E-state index contributed by atoms with van der Waals surface area (Å²) in [7, 11) is 0. The molecule has 0 unspecified atom stereocenters. The van der Waals surface area contributed by atoms with Gasteiger partial charge in [0.1, 0.15) is 0 Å². The first kappa shape index (κ1) is 22.3. The van der Waals surface area contributed by atoms with E-state index in [-0.39, 0.29) is 19.8 Å². The van der Waals surface area contributed by atoms with Crippen molar-refractivity contribution in [1.29, 1.82) is 0 Å². The van der Waals surface area contributed by atoms with Crippen LogP contribution in [-0.4, -0.2) is 43.7 Å². The summed E-state index contributed by atoms with van der Waals surface area (Å²) in [5.74, 6) is 0. The number of unbranched alkanes of at least 4 members (excludes halogenated alkanes) is 2. The van der Waals surface area contributed by atoms with Crippen LogP contribution in [0.5, 0.6) is 0 Å². The van der Waals surface area contributed by atoms with Crippen molar-refractivity contribution in [3.8, 4) is 0 Å². The molecule has 27 heavy (non-hydrogen) atoms. The van der Waals surface area contributed by atoms with Crippen LogP contribution in [0, 0.1) is 6.92 Å². The summed E-state index contributed by atoms with van der Waals surface area (Å²) in [5.41, 5.74) is 1.85. The van der Waals surface area contributed by atoms with Gasteiger partial charge in [-0.1, -0.05) is 12.6 Å². The third-order valence-electron chi connectivity index (χ3n) is 3.51. The summed E-state index contributed by atoms with van der Waals surface area (Å²) >= 11 is 0. The number of nitrogens with one attached hydrogen (secondary N) is 2. The second-order valence-corrected chi connectivity index (χ2v) is 5.73. The molecule has 8 nitrogen and oxygen atoms in total. The lowest BCUT2D eigenvalue weighted by atomic mass is 10.2. The van der Waals surface area contributed by atoms with Crippen LogP contribution >= 0.6 is 0 Å². The van der Waals surface area contributed by atoms with Crippen LogP contribution < -0.4 is 10.6 Å². The van der Waals surface area contributed by atoms with Gasteiger partial charge in [-0.25, -0.2) is 9.59 Å². The van der Waals surface area contributed by atoms with Crippen molar-refractivity contribution >= 4 is 23.6 Å². The summed E-state index contributed by atoms with van der Waals surface area (Å²) in [6.45, 7) is 6.39. The van der Waals surface area contributed by atoms with Crippen LogP contribution in [-0.2, 0) is 14.2 Å². The lowest BCUT2D eigenvalue weighted by Crippen LogP contribution is -2.17. The van der Waals surface area contributed by atoms with Crippen molar-refractivity contribution in [2.45, 2.75) is 32.6 Å². The second-order valence-electron chi connectivity index (χ2n) is 5.73. The van der Waals surface area contributed by atoms with E-state index in [9.17, 15) is 9.59 Å². The zero-order valence-electron chi connectivity index (χ0n) is 15.7. The number of aliphatic hydroxyl groups excluding tert-OH is 1. The molecule has 1 aromatic rings. The molecule has 0 aliphatic carbocycles. The van der Waals surface area contributed by atoms with Crippen molar-refractivity contribution in [2.24, 2.45) is 0 Å². The Bertz CT molecular complexity index is 606. The highest BCUT2D eigenvalue weighted by Crippen LogP contribution is 2.20. The molecule has 0 aromatic heterocycles. The van der Waals surface area contributed by atoms with Crippen molar-refractivity contribution < 1.29 is 28.9 Å². The van der Waals surface area contributed by atoms with Crippen LogP contribution in [0.15, 0.2) is 31.0 Å². The fourth-order valence-corrected chi connectivity index (χ4v) is 2.05. The third kappa shape index (κ3) is 10.1. The molecular weight excluding hydrogens is 352 g/mol. The van der Waals surface area contributed by atoms with E-state index in [1.807, 2.05) is 6.92 Å². The van der Waals surface area contributed by atoms with Crippen molar-refractivity contribution in [2.75, 3.05) is 37.1 Å². The number of rotatable bonds is 12. The molecule has 0 aliphatic rings. The minimum absolute atomic E-state index is 0.0660. The Hall–Kier alpha value is -2.74. The third-order valence-corrected chi connectivity index (χ3v) is 3.51. The Kier molecular flexibility index (Phi) is 11.1. The second kappa shape index (κ2) is 13.5. The van der Waals surface area contributed by atoms with Crippen LogP contribution in [0.4, 0.5) is 21.0 Å². The average Bonchev–Trinajstić information content (AvgIpc) is 2.64. The minimum Gasteiger partial charge on any atom is -0.502 e. The Labute approximate surface area is 159 Å². The average molecular weight is 380 g/mol. The molecule has 0 fully saturated rings. The molecule has 0 saturated carbocycles. The first-order chi connectivity index (χ1) is 13.1. The minimum atomic E-state index is -0.586. The summed E-state index contributed by atoms with van der Waals surface area (Å²) in [6, 6.07) is 5.11. The molecule has 0 atom stereocenters. The summed E-state index contributed by atoms with van der Waals surface area (Å²) in [6.07, 6.45) is 2.84. The van der Waals surface area contributed by atoms with Gasteiger partial charge in [0.2, 0.25) is 0 Å². The highest BCUT2D eigenvalue weighted by atomic mass is 16.6. The van der Waals surface area contributed by atoms with E-state index < -0.39 is 12.2 Å². The highest BCUT2D eigenvalue weighted by Gasteiger charge is 2.09. The largest absolute Gasteiger partial charge is 0.502 e. The lowest BCUT2D eigenvalue weighted by molar-refractivity contribution is 0.153. The monoisotopic (exact) mass is 380 g/mol. The number of carbonyl (C=O) groups is 2. The number of hydrogen-bond donors (Lipinski definition) is 3. The molecule has 0 spiro atoms. The van der Waals surface area contributed by atoms with E-state index in [0.29, 0.717) is 37.2 Å². The predicted octanol–water partition coefficient (Wildman–Crippen LogP) is 3.80. The number of ether oxygens (including phenoxy) is 3. The van der Waals surface area contributed by atoms with E-state index in [1.54, 1.807) is 18.2 Å². The zero-order chi connectivity index (χ0) is 19.9. The topological polar surface area (TPSA) is 106 Å². The quantitative estimate of drug-likeness (QED) is 0.376. The number of aliphatic hydroxyl groups is 1. The molecule has 0 heterocycles. The highest BCUT2D eigenvalue weighted by molar-refractivity contribution is 5.89. The number of aryl methyl sites for hydroxylation is 1. The number of benzene rings is 1. The van der Waals surface area contributed by atoms with E-state index in [2.05, 4.69) is 17.2 Å². The standard InChI is InChI=1S/C19H28N2O6/c1-3-25-11-6-7-13-26-18(23)20-16-9-8-15(2)17(14-16)21-19(24)27-12-5-4-10-22/h3,8-9,14,22H,1,4-7,10-13H2,2H3,(H,20,23)(H,21,24). The molecular formula is C19H28N2O6. The van der Waals surface area contributed by atoms with E-state index in [1.165, 1.54) is 6.26 Å². The number of hydrogen-bond acceptors (Lipinski definition) is 6. The van der Waals surface area contributed by atoms with Crippen LogP contribution in [0.2, 0.25) is 0 Å². The Morgan fingerprint density at radius 3 is 2.33 bits per heavy atom. The summed E-state index contributed by atoms with van der Waals surface area (Å²) in [4.78, 5) is 23.6. The van der Waals surface area contributed by atoms with E-state index >= 15 is 0 Å². The van der Waals surface area contributed by atoms with Crippen LogP contribution in [0.3, 0.4) is 0 Å². The Morgan fingerprint density at radius 1 is 1.04 bits per heavy atom.